The third-order valence-corrected chi connectivity index (χ3v) is 5.11. The first kappa shape index (κ1) is 14.4. The number of piperidine rings is 1. The summed E-state index contributed by atoms with van der Waals surface area (Å²) in [5.41, 5.74) is 2.85. The summed E-state index contributed by atoms with van der Waals surface area (Å²) in [5, 5.41) is 3.68. The summed E-state index contributed by atoms with van der Waals surface area (Å²) >= 11 is 0. The minimum absolute atomic E-state index is 0.276. The van der Waals surface area contributed by atoms with Crippen LogP contribution < -0.4 is 5.32 Å². The molecule has 2 fully saturated rings. The highest BCUT2D eigenvalue weighted by Gasteiger charge is 2.38. The molecule has 2 atom stereocenters. The third kappa shape index (κ3) is 2.77. The van der Waals surface area contributed by atoms with E-state index in [1.165, 1.54) is 32.8 Å². The average Bonchev–Trinajstić information content (AvgIpc) is 2.71. The Morgan fingerprint density at radius 2 is 1.95 bits per heavy atom. The highest BCUT2D eigenvalue weighted by molar-refractivity contribution is 5.90. The molecular weight excluding hydrogens is 264 g/mol. The number of benzene rings is 1. The molecular formula is C17H24N2O2. The van der Waals surface area contributed by atoms with Crippen LogP contribution in [0.15, 0.2) is 18.2 Å². The van der Waals surface area contributed by atoms with Gasteiger partial charge in [-0.3, -0.25) is 0 Å². The number of carbonyl (C=O) groups is 1. The van der Waals surface area contributed by atoms with Gasteiger partial charge in [0.2, 0.25) is 0 Å². The van der Waals surface area contributed by atoms with E-state index in [1.54, 1.807) is 0 Å². The number of esters is 1. The summed E-state index contributed by atoms with van der Waals surface area (Å²) < 4.78 is 4.76. The highest BCUT2D eigenvalue weighted by atomic mass is 16.5. The van der Waals surface area contributed by atoms with E-state index in [9.17, 15) is 4.79 Å². The fourth-order valence-electron chi connectivity index (χ4n) is 3.82. The molecule has 114 valence electrons. The van der Waals surface area contributed by atoms with Crippen LogP contribution >= 0.6 is 0 Å². The zero-order valence-corrected chi connectivity index (χ0v) is 13.1. The molecule has 2 bridgehead atoms. The van der Waals surface area contributed by atoms with Gasteiger partial charge < -0.3 is 15.0 Å². The molecule has 2 heterocycles. The topological polar surface area (TPSA) is 41.6 Å². The summed E-state index contributed by atoms with van der Waals surface area (Å²) in [7, 11) is 3.67. The van der Waals surface area contributed by atoms with Gasteiger partial charge in [-0.25, -0.2) is 4.79 Å². The molecule has 2 aliphatic heterocycles. The Balaban J connectivity index is 1.70. The molecule has 1 N–H and O–H groups in total. The molecule has 0 spiro atoms. The van der Waals surface area contributed by atoms with E-state index in [2.05, 4.69) is 17.3 Å². The van der Waals surface area contributed by atoms with Crippen molar-refractivity contribution in [3.63, 3.8) is 0 Å². The highest BCUT2D eigenvalue weighted by Crippen LogP contribution is 2.35. The Labute approximate surface area is 126 Å². The first-order chi connectivity index (χ1) is 10.1. The van der Waals surface area contributed by atoms with E-state index in [-0.39, 0.29) is 5.97 Å². The van der Waals surface area contributed by atoms with Crippen molar-refractivity contribution < 1.29 is 9.53 Å². The maximum atomic E-state index is 11.5. The van der Waals surface area contributed by atoms with E-state index in [1.807, 2.05) is 25.1 Å². The van der Waals surface area contributed by atoms with Gasteiger partial charge in [0.25, 0.3) is 0 Å². The van der Waals surface area contributed by atoms with Crippen LogP contribution in [0.3, 0.4) is 0 Å². The number of nitrogens with one attached hydrogen (secondary N) is 1. The van der Waals surface area contributed by atoms with Crippen molar-refractivity contribution in [2.45, 2.75) is 50.7 Å². The molecule has 4 nitrogen and oxygen atoms in total. The molecule has 1 aromatic rings. The van der Waals surface area contributed by atoms with E-state index >= 15 is 0 Å². The van der Waals surface area contributed by atoms with Crippen molar-refractivity contribution in [1.82, 2.24) is 4.90 Å². The Morgan fingerprint density at radius 3 is 2.52 bits per heavy atom. The number of methoxy groups -OCH3 is 1. The monoisotopic (exact) mass is 288 g/mol. The van der Waals surface area contributed by atoms with Gasteiger partial charge in [0.05, 0.1) is 12.7 Å². The van der Waals surface area contributed by atoms with E-state index in [4.69, 9.17) is 4.74 Å². The second-order valence-corrected chi connectivity index (χ2v) is 6.38. The molecule has 0 aliphatic carbocycles. The number of hydrogen-bond acceptors (Lipinski definition) is 4. The van der Waals surface area contributed by atoms with Gasteiger partial charge >= 0.3 is 5.97 Å². The molecule has 4 heteroatoms. The van der Waals surface area contributed by atoms with Crippen molar-refractivity contribution in [2.75, 3.05) is 19.5 Å². The molecule has 3 rings (SSSR count). The van der Waals surface area contributed by atoms with Gasteiger partial charge in [-0.2, -0.15) is 0 Å². The summed E-state index contributed by atoms with van der Waals surface area (Å²) in [4.78, 5) is 14.1. The fourth-order valence-corrected chi connectivity index (χ4v) is 3.82. The van der Waals surface area contributed by atoms with Crippen LogP contribution in [-0.2, 0) is 4.74 Å². The van der Waals surface area contributed by atoms with Crippen LogP contribution in [0.1, 0.15) is 41.6 Å². The molecule has 1 aromatic carbocycles. The van der Waals surface area contributed by atoms with Crippen molar-refractivity contribution in [2.24, 2.45) is 0 Å². The van der Waals surface area contributed by atoms with Crippen LogP contribution in [0.4, 0.5) is 5.69 Å². The lowest BCUT2D eigenvalue weighted by Gasteiger charge is -2.37. The lowest BCUT2D eigenvalue weighted by molar-refractivity contribution is 0.0600. The number of ether oxygens (including phenoxy) is 1. The second kappa shape index (κ2) is 5.68. The molecule has 0 radical (unpaired) electrons. The van der Waals surface area contributed by atoms with Crippen LogP contribution in [0.2, 0.25) is 0 Å². The molecule has 0 amide bonds. The van der Waals surface area contributed by atoms with Crippen molar-refractivity contribution in [3.8, 4) is 0 Å². The number of anilines is 1. The first-order valence-corrected chi connectivity index (χ1v) is 7.76. The molecule has 0 saturated carbocycles. The van der Waals surface area contributed by atoms with E-state index in [0.29, 0.717) is 11.6 Å². The fraction of sp³-hybridized carbons (Fsp3) is 0.588. The number of rotatable bonds is 3. The largest absolute Gasteiger partial charge is 0.465 e. The van der Waals surface area contributed by atoms with Gasteiger partial charge in [0.1, 0.15) is 0 Å². The van der Waals surface area contributed by atoms with Gasteiger partial charge in [-0.1, -0.05) is 0 Å². The van der Waals surface area contributed by atoms with Crippen LogP contribution in [0.5, 0.6) is 0 Å². The minimum atomic E-state index is -0.276. The predicted molar refractivity (Wildman–Crippen MR) is 83.7 cm³/mol. The quantitative estimate of drug-likeness (QED) is 0.868. The van der Waals surface area contributed by atoms with Crippen LogP contribution in [0.25, 0.3) is 0 Å². The second-order valence-electron chi connectivity index (χ2n) is 6.38. The summed E-state index contributed by atoms with van der Waals surface area (Å²) in [5.74, 6) is -0.276. The number of carbonyl (C=O) groups excluding carboxylic acids is 1. The van der Waals surface area contributed by atoms with E-state index < -0.39 is 0 Å². The number of hydrogen-bond donors (Lipinski definition) is 1. The lowest BCUT2D eigenvalue weighted by Crippen LogP contribution is -2.44. The first-order valence-electron chi connectivity index (χ1n) is 7.76. The van der Waals surface area contributed by atoms with Gasteiger partial charge in [-0.05, 0) is 63.4 Å². The van der Waals surface area contributed by atoms with Crippen molar-refractivity contribution in [1.29, 1.82) is 0 Å². The molecule has 0 aromatic heterocycles. The Kier molecular flexibility index (Phi) is 3.89. The van der Waals surface area contributed by atoms with Crippen LogP contribution in [0, 0.1) is 6.92 Å². The molecule has 21 heavy (non-hydrogen) atoms. The zero-order chi connectivity index (χ0) is 15.0. The van der Waals surface area contributed by atoms with Crippen LogP contribution in [-0.4, -0.2) is 43.2 Å². The van der Waals surface area contributed by atoms with Gasteiger partial charge in [0.15, 0.2) is 0 Å². The van der Waals surface area contributed by atoms with E-state index in [0.717, 1.165) is 23.3 Å². The summed E-state index contributed by atoms with van der Waals surface area (Å²) in [6.07, 6.45) is 5.09. The number of nitrogens with zero attached hydrogens (tertiary/aromatic N) is 1. The maximum Gasteiger partial charge on any atom is 0.337 e. The van der Waals surface area contributed by atoms with Crippen molar-refractivity contribution in [3.05, 3.63) is 29.3 Å². The average molecular weight is 288 g/mol. The molecule has 2 unspecified atom stereocenters. The maximum absolute atomic E-state index is 11.5. The standard InChI is InChI=1S/C17H24N2O2/c1-11-8-12(17(20)21-3)4-7-16(11)18-13-9-14-5-6-15(10-13)19(14)2/h4,7-8,13-15,18H,5-6,9-10H2,1-3H3. The Hall–Kier alpha value is -1.55. The third-order valence-electron chi connectivity index (χ3n) is 5.11. The lowest BCUT2D eigenvalue weighted by atomic mass is 9.97. The Morgan fingerprint density at radius 1 is 1.29 bits per heavy atom. The SMILES string of the molecule is COC(=O)c1ccc(NC2CC3CCC(C2)N3C)c(C)c1. The van der Waals surface area contributed by atoms with Gasteiger partial charge in [-0.15, -0.1) is 0 Å². The predicted octanol–water partition coefficient (Wildman–Crippen LogP) is 2.82. The van der Waals surface area contributed by atoms with Gasteiger partial charge in [0, 0.05) is 23.8 Å². The molecule has 2 aliphatic rings. The molecule has 2 saturated heterocycles. The normalized spacial score (nSPS) is 28.4. The van der Waals surface area contributed by atoms with Crippen molar-refractivity contribution >= 4 is 11.7 Å². The number of aryl methyl sites for hydroxylation is 1. The summed E-state index contributed by atoms with van der Waals surface area (Å²) in [6, 6.07) is 7.75. The Bertz CT molecular complexity index is 530. The zero-order valence-electron chi connectivity index (χ0n) is 13.1. The summed E-state index contributed by atoms with van der Waals surface area (Å²) in [6.45, 7) is 2.04. The smallest absolute Gasteiger partial charge is 0.337 e. The minimum Gasteiger partial charge on any atom is -0.465 e. The number of fused-ring (bicyclic) bond motifs is 2.